The summed E-state index contributed by atoms with van der Waals surface area (Å²) in [6, 6.07) is 0. The Hall–Kier alpha value is -0.0800. The molecule has 2 heteroatoms. The van der Waals surface area contributed by atoms with Gasteiger partial charge in [-0.3, -0.25) is 0 Å². The molecule has 0 aromatic rings. The summed E-state index contributed by atoms with van der Waals surface area (Å²) in [5.41, 5.74) is 0. The van der Waals surface area contributed by atoms with Crippen molar-refractivity contribution in [1.82, 2.24) is 0 Å². The van der Waals surface area contributed by atoms with E-state index < -0.39 is 0 Å². The molecule has 0 heterocycles. The highest BCUT2D eigenvalue weighted by atomic mass is 16.2. The van der Waals surface area contributed by atoms with Crippen LogP contribution in [0.5, 0.6) is 0 Å². The van der Waals surface area contributed by atoms with E-state index in [9.17, 15) is 0 Å². The number of rotatable bonds is 11. The summed E-state index contributed by atoms with van der Waals surface area (Å²) in [6.07, 6.45) is 11.9. The van der Waals surface area contributed by atoms with E-state index >= 15 is 0 Å². The van der Waals surface area contributed by atoms with Crippen molar-refractivity contribution >= 4 is 0 Å². The van der Waals surface area contributed by atoms with E-state index in [4.69, 9.17) is 5.11 Å². The molecule has 0 spiro atoms. The summed E-state index contributed by atoms with van der Waals surface area (Å²) in [5, 5.41) is 8.61. The van der Waals surface area contributed by atoms with Crippen LogP contribution in [-0.4, -0.2) is 32.4 Å². The lowest BCUT2D eigenvalue weighted by atomic mass is 10.1. The lowest BCUT2D eigenvalue weighted by Crippen LogP contribution is -3.05. The molecule has 0 amide bonds. The minimum atomic E-state index is 0.368. The van der Waals surface area contributed by atoms with Crippen LogP contribution in [0.1, 0.15) is 57.8 Å². The maximum Gasteiger partial charge on any atom is 0.0766 e. The molecule has 0 unspecified atom stereocenters. The van der Waals surface area contributed by atoms with Crippen molar-refractivity contribution < 1.29 is 10.0 Å². The van der Waals surface area contributed by atoms with Crippen LogP contribution in [0.2, 0.25) is 0 Å². The molecule has 0 bridgehead atoms. The molecule has 0 atom stereocenters. The van der Waals surface area contributed by atoms with Gasteiger partial charge in [0, 0.05) is 6.61 Å². The highest BCUT2D eigenvalue weighted by Crippen LogP contribution is 2.08. The number of unbranched alkanes of at least 4 members (excludes halogenated alkanes) is 8. The van der Waals surface area contributed by atoms with Gasteiger partial charge in [-0.1, -0.05) is 38.5 Å². The number of quaternary nitrogens is 1. The fourth-order valence-corrected chi connectivity index (χ4v) is 1.83. The molecule has 0 aliphatic rings. The number of aliphatic hydroxyl groups is 1. The number of nitrogens with one attached hydrogen (secondary N) is 1. The summed E-state index contributed by atoms with van der Waals surface area (Å²) in [6.45, 7) is 1.68. The highest BCUT2D eigenvalue weighted by Gasteiger charge is 1.94. The van der Waals surface area contributed by atoms with E-state index in [-0.39, 0.29) is 0 Å². The largest absolute Gasteiger partial charge is 0.396 e. The summed E-state index contributed by atoms with van der Waals surface area (Å²) in [5.74, 6) is 0. The van der Waals surface area contributed by atoms with Gasteiger partial charge in [0.25, 0.3) is 0 Å². The van der Waals surface area contributed by atoms with Crippen molar-refractivity contribution in [2.75, 3.05) is 27.2 Å². The van der Waals surface area contributed by atoms with Crippen LogP contribution in [0.3, 0.4) is 0 Å². The van der Waals surface area contributed by atoms with Crippen LogP contribution in [0.15, 0.2) is 0 Å². The normalized spacial score (nSPS) is 11.2. The zero-order valence-corrected chi connectivity index (χ0v) is 10.7. The van der Waals surface area contributed by atoms with Gasteiger partial charge in [-0.2, -0.15) is 0 Å². The van der Waals surface area contributed by atoms with E-state index in [1.165, 1.54) is 57.9 Å². The molecule has 2 N–H and O–H groups in total. The average molecular weight is 216 g/mol. The van der Waals surface area contributed by atoms with Gasteiger partial charge in [-0.15, -0.1) is 0 Å². The summed E-state index contributed by atoms with van der Waals surface area (Å²) < 4.78 is 0. The molecule has 0 radical (unpaired) electrons. The smallest absolute Gasteiger partial charge is 0.0766 e. The number of aliphatic hydroxyl groups excluding tert-OH is 1. The zero-order valence-electron chi connectivity index (χ0n) is 10.7. The predicted octanol–water partition coefficient (Wildman–Crippen LogP) is 1.63. The Bertz CT molecular complexity index is 115. The third kappa shape index (κ3) is 13.9. The summed E-state index contributed by atoms with van der Waals surface area (Å²) in [4.78, 5) is 1.57. The Kier molecular flexibility index (Phi) is 11.9. The van der Waals surface area contributed by atoms with Crippen LogP contribution >= 0.6 is 0 Å². The van der Waals surface area contributed by atoms with Crippen molar-refractivity contribution in [3.63, 3.8) is 0 Å². The second-order valence-corrected chi connectivity index (χ2v) is 4.86. The third-order valence-corrected chi connectivity index (χ3v) is 2.83. The Labute approximate surface area is 95.7 Å². The standard InChI is InChI=1S/C13H29NO/c1-14(2)12-10-8-6-4-3-5-7-9-11-13-15/h15H,3-13H2,1-2H3/p+1. The minimum Gasteiger partial charge on any atom is -0.396 e. The third-order valence-electron chi connectivity index (χ3n) is 2.83. The maximum atomic E-state index is 8.61. The van der Waals surface area contributed by atoms with Crippen LogP contribution in [0.4, 0.5) is 0 Å². The Morgan fingerprint density at radius 3 is 1.47 bits per heavy atom. The Morgan fingerprint density at radius 1 is 0.667 bits per heavy atom. The first-order valence-electron chi connectivity index (χ1n) is 6.67. The van der Waals surface area contributed by atoms with E-state index in [0.29, 0.717) is 6.61 Å². The fraction of sp³-hybridized carbons (Fsp3) is 1.00. The Balaban J connectivity index is 2.87. The van der Waals surface area contributed by atoms with Gasteiger partial charge in [0.15, 0.2) is 0 Å². The number of hydrogen-bond donors (Lipinski definition) is 2. The maximum absolute atomic E-state index is 8.61. The first kappa shape index (κ1) is 14.9. The molecular formula is C13H30NO+. The molecule has 2 nitrogen and oxygen atoms in total. The molecule has 15 heavy (non-hydrogen) atoms. The predicted molar refractivity (Wildman–Crippen MR) is 66.3 cm³/mol. The van der Waals surface area contributed by atoms with Gasteiger partial charge in [0.1, 0.15) is 0 Å². The van der Waals surface area contributed by atoms with Crippen LogP contribution in [0, 0.1) is 0 Å². The van der Waals surface area contributed by atoms with E-state index in [2.05, 4.69) is 14.1 Å². The first-order valence-corrected chi connectivity index (χ1v) is 6.67. The summed E-state index contributed by atoms with van der Waals surface area (Å²) >= 11 is 0. The van der Waals surface area contributed by atoms with Crippen molar-refractivity contribution in [3.8, 4) is 0 Å². The fourth-order valence-electron chi connectivity index (χ4n) is 1.83. The second-order valence-electron chi connectivity index (χ2n) is 4.86. The van der Waals surface area contributed by atoms with Crippen molar-refractivity contribution in [3.05, 3.63) is 0 Å². The number of hydrogen-bond acceptors (Lipinski definition) is 1. The quantitative estimate of drug-likeness (QED) is 0.504. The molecule has 0 rings (SSSR count). The lowest BCUT2D eigenvalue weighted by Gasteiger charge is -2.06. The minimum absolute atomic E-state index is 0.368. The average Bonchev–Trinajstić information content (AvgIpc) is 2.20. The van der Waals surface area contributed by atoms with Crippen LogP contribution in [0.25, 0.3) is 0 Å². The van der Waals surface area contributed by atoms with Gasteiger partial charge in [-0.25, -0.2) is 0 Å². The lowest BCUT2D eigenvalue weighted by molar-refractivity contribution is -0.858. The van der Waals surface area contributed by atoms with Crippen molar-refractivity contribution in [2.24, 2.45) is 0 Å². The first-order chi connectivity index (χ1) is 7.27. The highest BCUT2D eigenvalue weighted by molar-refractivity contribution is 4.46. The van der Waals surface area contributed by atoms with Gasteiger partial charge >= 0.3 is 0 Å². The molecule has 0 saturated carbocycles. The van der Waals surface area contributed by atoms with Gasteiger partial charge in [0.2, 0.25) is 0 Å². The molecule has 0 aliphatic carbocycles. The zero-order chi connectivity index (χ0) is 11.4. The molecule has 0 aromatic carbocycles. The SMILES string of the molecule is C[NH+](C)CCCCCCCCCCCO. The van der Waals surface area contributed by atoms with E-state index in [0.717, 1.165) is 6.42 Å². The van der Waals surface area contributed by atoms with Crippen LogP contribution in [-0.2, 0) is 0 Å². The van der Waals surface area contributed by atoms with Crippen molar-refractivity contribution in [2.45, 2.75) is 57.8 Å². The molecule has 0 aliphatic heterocycles. The molecule has 0 aromatic heterocycles. The topological polar surface area (TPSA) is 24.7 Å². The van der Waals surface area contributed by atoms with Gasteiger partial charge < -0.3 is 10.0 Å². The molecule has 0 fully saturated rings. The van der Waals surface area contributed by atoms with E-state index in [1.54, 1.807) is 4.90 Å². The Morgan fingerprint density at radius 2 is 1.07 bits per heavy atom. The summed E-state index contributed by atoms with van der Waals surface area (Å²) in [7, 11) is 4.45. The molecular weight excluding hydrogens is 186 g/mol. The van der Waals surface area contributed by atoms with Crippen molar-refractivity contribution in [1.29, 1.82) is 0 Å². The molecule has 0 saturated heterocycles. The monoisotopic (exact) mass is 216 g/mol. The van der Waals surface area contributed by atoms with Crippen LogP contribution < -0.4 is 4.90 Å². The van der Waals surface area contributed by atoms with Gasteiger partial charge in [0.05, 0.1) is 20.6 Å². The molecule has 92 valence electrons. The van der Waals surface area contributed by atoms with E-state index in [1.807, 2.05) is 0 Å². The second kappa shape index (κ2) is 12.0. The van der Waals surface area contributed by atoms with Gasteiger partial charge in [-0.05, 0) is 19.3 Å².